The highest BCUT2D eigenvalue weighted by atomic mass is 79.9. The van der Waals surface area contributed by atoms with Crippen molar-refractivity contribution in [2.45, 2.75) is 6.42 Å². The lowest BCUT2D eigenvalue weighted by atomic mass is 10.2. The van der Waals surface area contributed by atoms with Gasteiger partial charge in [0.2, 0.25) is 5.91 Å². The predicted octanol–water partition coefficient (Wildman–Crippen LogP) is 4.13. The average molecular weight is 487 g/mol. The van der Waals surface area contributed by atoms with Crippen molar-refractivity contribution in [3.63, 3.8) is 0 Å². The van der Waals surface area contributed by atoms with Gasteiger partial charge in [0.25, 0.3) is 0 Å². The monoisotopic (exact) mass is 485 g/mol. The summed E-state index contributed by atoms with van der Waals surface area (Å²) in [5.41, 5.74) is 7.72. The molecule has 0 aliphatic carbocycles. The fourth-order valence-electron chi connectivity index (χ4n) is 2.07. The molecule has 0 saturated carbocycles. The molecule has 9 heteroatoms. The first-order valence-corrected chi connectivity index (χ1v) is 9.03. The van der Waals surface area contributed by atoms with Gasteiger partial charge in [-0.1, -0.05) is 0 Å². The van der Waals surface area contributed by atoms with Crippen LogP contribution in [0.5, 0.6) is 11.5 Å². The van der Waals surface area contributed by atoms with Crippen molar-refractivity contribution in [2.24, 2.45) is 0 Å². The Balaban J connectivity index is 2.19. The quantitative estimate of drug-likeness (QED) is 0.322. The van der Waals surface area contributed by atoms with Crippen molar-refractivity contribution >= 4 is 60.8 Å². The standard InChI is InChI=1S/C17H17Br2N3O4/c1-21-14-7-10(3-4-13(14)20)26-17-11(18)5-9(6-12(17)19)22-15(23)8-16(24)25-2/h3-7,21H,8,20H2,1-2H3,(H,22,23). The fraction of sp³-hybridized carbons (Fsp3) is 0.176. The number of halogens is 2. The number of rotatable bonds is 6. The molecule has 0 aliphatic rings. The number of amides is 1. The molecule has 0 heterocycles. The van der Waals surface area contributed by atoms with Crippen LogP contribution < -0.4 is 21.1 Å². The Morgan fingerprint density at radius 2 is 1.81 bits per heavy atom. The van der Waals surface area contributed by atoms with Crippen LogP contribution in [0.15, 0.2) is 39.3 Å². The highest BCUT2D eigenvalue weighted by Crippen LogP contribution is 2.40. The van der Waals surface area contributed by atoms with Crippen LogP contribution in [0.4, 0.5) is 17.1 Å². The number of hydrogen-bond donors (Lipinski definition) is 3. The normalized spacial score (nSPS) is 10.2. The van der Waals surface area contributed by atoms with Gasteiger partial charge in [-0.15, -0.1) is 0 Å². The maximum absolute atomic E-state index is 11.8. The molecule has 0 atom stereocenters. The highest BCUT2D eigenvalue weighted by molar-refractivity contribution is 9.11. The van der Waals surface area contributed by atoms with E-state index in [1.165, 1.54) is 7.11 Å². The van der Waals surface area contributed by atoms with Gasteiger partial charge in [0, 0.05) is 18.8 Å². The summed E-state index contributed by atoms with van der Waals surface area (Å²) < 4.78 is 11.6. The molecule has 7 nitrogen and oxygen atoms in total. The van der Waals surface area contributed by atoms with Gasteiger partial charge in [0.15, 0.2) is 5.75 Å². The topological polar surface area (TPSA) is 103 Å². The summed E-state index contributed by atoms with van der Waals surface area (Å²) in [4.78, 5) is 22.9. The van der Waals surface area contributed by atoms with E-state index in [2.05, 4.69) is 47.2 Å². The Labute approximate surface area is 167 Å². The van der Waals surface area contributed by atoms with Gasteiger partial charge in [-0.2, -0.15) is 0 Å². The molecule has 138 valence electrons. The fourth-order valence-corrected chi connectivity index (χ4v) is 3.42. The number of benzene rings is 2. The minimum absolute atomic E-state index is 0.359. The molecule has 2 rings (SSSR count). The van der Waals surface area contributed by atoms with Crippen molar-refractivity contribution in [1.29, 1.82) is 0 Å². The number of carbonyl (C=O) groups excluding carboxylic acids is 2. The lowest BCUT2D eigenvalue weighted by Crippen LogP contribution is -2.17. The summed E-state index contributed by atoms with van der Waals surface area (Å²) in [5, 5.41) is 5.61. The molecule has 0 bridgehead atoms. The number of methoxy groups -OCH3 is 1. The van der Waals surface area contributed by atoms with Crippen LogP contribution in [0.1, 0.15) is 6.42 Å². The minimum atomic E-state index is -0.607. The van der Waals surface area contributed by atoms with E-state index in [0.29, 0.717) is 31.8 Å². The highest BCUT2D eigenvalue weighted by Gasteiger charge is 2.14. The zero-order valence-corrected chi connectivity index (χ0v) is 17.2. The molecule has 0 aliphatic heterocycles. The first kappa shape index (κ1) is 20.1. The van der Waals surface area contributed by atoms with E-state index in [1.807, 2.05) is 0 Å². The number of ether oxygens (including phenoxy) is 2. The van der Waals surface area contributed by atoms with Crippen LogP contribution in [-0.2, 0) is 14.3 Å². The third kappa shape index (κ3) is 5.12. The molecule has 2 aromatic rings. The zero-order valence-electron chi connectivity index (χ0n) is 14.1. The molecule has 0 aromatic heterocycles. The largest absolute Gasteiger partial charge is 0.469 e. The molecule has 2 aromatic carbocycles. The predicted molar refractivity (Wildman–Crippen MR) is 108 cm³/mol. The average Bonchev–Trinajstić information content (AvgIpc) is 2.59. The van der Waals surface area contributed by atoms with Crippen molar-refractivity contribution in [3.05, 3.63) is 39.3 Å². The zero-order chi connectivity index (χ0) is 19.3. The van der Waals surface area contributed by atoms with Crippen molar-refractivity contribution in [2.75, 3.05) is 30.5 Å². The third-order valence-electron chi connectivity index (χ3n) is 3.33. The molecule has 0 radical (unpaired) electrons. The van der Waals surface area contributed by atoms with Crippen LogP contribution in [0.2, 0.25) is 0 Å². The maximum atomic E-state index is 11.8. The summed E-state index contributed by atoms with van der Waals surface area (Å²) in [5.74, 6) is 0.0426. The number of nitrogens with two attached hydrogens (primary N) is 1. The number of esters is 1. The van der Waals surface area contributed by atoms with Crippen molar-refractivity contribution in [1.82, 2.24) is 0 Å². The second-order valence-corrected chi connectivity index (χ2v) is 6.88. The van der Waals surface area contributed by atoms with Crippen LogP contribution in [0, 0.1) is 0 Å². The molecule has 0 fully saturated rings. The molecular formula is C17H17Br2N3O4. The van der Waals surface area contributed by atoms with Gasteiger partial charge in [0.05, 0.1) is 27.4 Å². The maximum Gasteiger partial charge on any atom is 0.315 e. The van der Waals surface area contributed by atoms with Gasteiger partial charge in [-0.05, 0) is 56.1 Å². The Kier molecular flexibility index (Phi) is 6.87. The molecule has 4 N–H and O–H groups in total. The smallest absolute Gasteiger partial charge is 0.315 e. The van der Waals surface area contributed by atoms with E-state index in [-0.39, 0.29) is 6.42 Å². The van der Waals surface area contributed by atoms with Gasteiger partial charge in [0.1, 0.15) is 12.2 Å². The Hall–Kier alpha value is -2.26. The molecule has 1 amide bonds. The lowest BCUT2D eigenvalue weighted by molar-refractivity contribution is -0.142. The number of nitrogen functional groups attached to an aromatic ring is 1. The van der Waals surface area contributed by atoms with E-state index in [9.17, 15) is 9.59 Å². The van der Waals surface area contributed by atoms with Gasteiger partial charge in [-0.25, -0.2) is 0 Å². The second kappa shape index (κ2) is 8.91. The van der Waals surface area contributed by atoms with Crippen molar-refractivity contribution < 1.29 is 19.1 Å². The van der Waals surface area contributed by atoms with Gasteiger partial charge >= 0.3 is 5.97 Å². The first-order chi connectivity index (χ1) is 12.3. The minimum Gasteiger partial charge on any atom is -0.469 e. The molecule has 0 spiro atoms. The van der Waals surface area contributed by atoms with E-state index >= 15 is 0 Å². The summed E-state index contributed by atoms with van der Waals surface area (Å²) in [7, 11) is 3.00. The Morgan fingerprint density at radius 1 is 1.15 bits per heavy atom. The van der Waals surface area contributed by atoms with E-state index in [4.69, 9.17) is 10.5 Å². The Bertz CT molecular complexity index is 820. The lowest BCUT2D eigenvalue weighted by Gasteiger charge is -2.14. The van der Waals surface area contributed by atoms with Crippen LogP contribution in [-0.4, -0.2) is 26.0 Å². The third-order valence-corrected chi connectivity index (χ3v) is 4.51. The summed E-state index contributed by atoms with van der Waals surface area (Å²) in [6.07, 6.45) is -0.359. The summed E-state index contributed by atoms with van der Waals surface area (Å²) in [6.45, 7) is 0. The molecular weight excluding hydrogens is 470 g/mol. The number of hydrogen-bond acceptors (Lipinski definition) is 6. The summed E-state index contributed by atoms with van der Waals surface area (Å²) >= 11 is 6.84. The molecule has 26 heavy (non-hydrogen) atoms. The Morgan fingerprint density at radius 3 is 2.38 bits per heavy atom. The summed E-state index contributed by atoms with van der Waals surface area (Å²) in [6, 6.07) is 8.61. The van der Waals surface area contributed by atoms with Gasteiger partial charge < -0.3 is 25.8 Å². The molecule has 0 unspecified atom stereocenters. The van der Waals surface area contributed by atoms with Gasteiger partial charge in [-0.3, -0.25) is 9.59 Å². The number of anilines is 3. The SMILES string of the molecule is CNc1cc(Oc2c(Br)cc(NC(=O)CC(=O)OC)cc2Br)ccc1N. The molecule has 0 saturated heterocycles. The van der Waals surface area contributed by atoms with Crippen LogP contribution in [0.3, 0.4) is 0 Å². The number of carbonyl (C=O) groups is 2. The first-order valence-electron chi connectivity index (χ1n) is 7.45. The number of nitrogens with one attached hydrogen (secondary N) is 2. The van der Waals surface area contributed by atoms with Crippen molar-refractivity contribution in [3.8, 4) is 11.5 Å². The van der Waals surface area contributed by atoms with E-state index < -0.39 is 11.9 Å². The second-order valence-electron chi connectivity index (χ2n) is 5.17. The van der Waals surface area contributed by atoms with Crippen LogP contribution in [0.25, 0.3) is 0 Å². The van der Waals surface area contributed by atoms with E-state index in [0.717, 1.165) is 5.69 Å². The van der Waals surface area contributed by atoms with Crippen LogP contribution >= 0.6 is 31.9 Å². The van der Waals surface area contributed by atoms with E-state index in [1.54, 1.807) is 37.4 Å².